The smallest absolute Gasteiger partial charge is 0.278 e. The monoisotopic (exact) mass is 340 g/mol. The summed E-state index contributed by atoms with van der Waals surface area (Å²) in [4.78, 5) is 27.3. The van der Waals surface area contributed by atoms with Gasteiger partial charge in [0, 0.05) is 23.2 Å². The number of carbonyl (C=O) groups excluding carboxylic acids is 2. The first kappa shape index (κ1) is 16.0. The molecule has 0 radical (unpaired) electrons. The van der Waals surface area contributed by atoms with Gasteiger partial charge in [0.2, 0.25) is 0 Å². The highest BCUT2D eigenvalue weighted by atomic mass is 32.1. The summed E-state index contributed by atoms with van der Waals surface area (Å²) in [5, 5.41) is 4.96. The summed E-state index contributed by atoms with van der Waals surface area (Å²) in [7, 11) is 1.57. The van der Waals surface area contributed by atoms with Crippen LogP contribution in [0.3, 0.4) is 0 Å². The van der Waals surface area contributed by atoms with Crippen molar-refractivity contribution in [2.75, 3.05) is 19.0 Å². The van der Waals surface area contributed by atoms with E-state index in [9.17, 15) is 9.59 Å². The van der Waals surface area contributed by atoms with Gasteiger partial charge in [0.15, 0.2) is 0 Å². The molecule has 0 saturated heterocycles. The Balaban J connectivity index is 2.03. The van der Waals surface area contributed by atoms with Crippen LogP contribution in [0.25, 0.3) is 5.57 Å². The summed E-state index contributed by atoms with van der Waals surface area (Å²) in [5.74, 6) is -0.00291. The molecule has 0 saturated carbocycles. The predicted octanol–water partition coefficient (Wildman–Crippen LogP) is 3.13. The lowest BCUT2D eigenvalue weighted by atomic mass is 10.2. The number of ether oxygens (including phenoxy) is 1. The van der Waals surface area contributed by atoms with Crippen LogP contribution < -0.4 is 10.1 Å². The first-order valence-corrected chi connectivity index (χ1v) is 8.20. The minimum Gasteiger partial charge on any atom is -0.497 e. The van der Waals surface area contributed by atoms with Gasteiger partial charge in [-0.1, -0.05) is 18.2 Å². The average molecular weight is 340 g/mol. The Labute approximate surface area is 143 Å². The van der Waals surface area contributed by atoms with Crippen molar-refractivity contribution in [3.8, 4) is 5.75 Å². The molecule has 1 aromatic heterocycles. The van der Waals surface area contributed by atoms with E-state index in [1.807, 2.05) is 35.7 Å². The van der Waals surface area contributed by atoms with Crippen molar-refractivity contribution in [3.05, 3.63) is 65.0 Å². The Morgan fingerprint density at radius 3 is 2.75 bits per heavy atom. The van der Waals surface area contributed by atoms with E-state index < -0.39 is 0 Å². The number of anilines is 1. The Bertz CT molecular complexity index is 825. The molecule has 0 bridgehead atoms. The Morgan fingerprint density at radius 2 is 2.08 bits per heavy atom. The highest BCUT2D eigenvalue weighted by Crippen LogP contribution is 2.33. The van der Waals surface area contributed by atoms with Crippen LogP contribution >= 0.6 is 11.3 Å². The second-order valence-electron chi connectivity index (χ2n) is 5.09. The SMILES string of the molecule is C=CCN1C(=O)C(Nc2cccc(OC)c2)=C(c2cccs2)C1=O. The number of hydrogen-bond donors (Lipinski definition) is 1. The number of imide groups is 1. The fourth-order valence-corrected chi connectivity index (χ4v) is 3.25. The maximum atomic E-state index is 12.7. The van der Waals surface area contributed by atoms with Crippen LogP contribution in [0.4, 0.5) is 5.69 Å². The molecule has 1 aromatic carbocycles. The summed E-state index contributed by atoms with van der Waals surface area (Å²) in [6.07, 6.45) is 1.54. The number of thiophene rings is 1. The van der Waals surface area contributed by atoms with E-state index in [1.165, 1.54) is 22.3 Å². The number of rotatable bonds is 6. The van der Waals surface area contributed by atoms with Crippen molar-refractivity contribution >= 4 is 34.4 Å². The summed E-state index contributed by atoms with van der Waals surface area (Å²) in [5.41, 5.74) is 1.34. The van der Waals surface area contributed by atoms with E-state index in [2.05, 4.69) is 11.9 Å². The topological polar surface area (TPSA) is 58.6 Å². The van der Waals surface area contributed by atoms with Crippen molar-refractivity contribution in [1.82, 2.24) is 4.90 Å². The van der Waals surface area contributed by atoms with E-state index in [4.69, 9.17) is 4.74 Å². The van der Waals surface area contributed by atoms with Crippen molar-refractivity contribution < 1.29 is 14.3 Å². The molecule has 24 heavy (non-hydrogen) atoms. The summed E-state index contributed by atoms with van der Waals surface area (Å²) in [6.45, 7) is 3.79. The standard InChI is InChI=1S/C18H16N2O3S/c1-3-9-20-17(21)15(14-8-5-10-24-14)16(18(20)22)19-12-6-4-7-13(11-12)23-2/h3-8,10-11,19H,1,9H2,2H3. The van der Waals surface area contributed by atoms with Crippen molar-refractivity contribution in [2.24, 2.45) is 0 Å². The van der Waals surface area contributed by atoms with E-state index in [0.29, 0.717) is 17.0 Å². The highest BCUT2D eigenvalue weighted by molar-refractivity contribution is 7.11. The number of benzene rings is 1. The zero-order chi connectivity index (χ0) is 17.1. The second kappa shape index (κ2) is 6.72. The molecule has 1 aliphatic rings. The van der Waals surface area contributed by atoms with Gasteiger partial charge in [0.1, 0.15) is 11.4 Å². The van der Waals surface area contributed by atoms with Crippen LogP contribution in [0.1, 0.15) is 4.88 Å². The van der Waals surface area contributed by atoms with Crippen LogP contribution in [-0.4, -0.2) is 30.4 Å². The number of nitrogens with zero attached hydrogens (tertiary/aromatic N) is 1. The van der Waals surface area contributed by atoms with Crippen molar-refractivity contribution in [1.29, 1.82) is 0 Å². The van der Waals surface area contributed by atoms with Gasteiger partial charge in [-0.3, -0.25) is 14.5 Å². The molecule has 0 fully saturated rings. The van der Waals surface area contributed by atoms with Gasteiger partial charge in [-0.25, -0.2) is 0 Å². The number of carbonyl (C=O) groups is 2. The van der Waals surface area contributed by atoms with E-state index in [-0.39, 0.29) is 24.1 Å². The third-order valence-electron chi connectivity index (χ3n) is 3.59. The number of hydrogen-bond acceptors (Lipinski definition) is 5. The van der Waals surface area contributed by atoms with Gasteiger partial charge in [0.05, 0.1) is 12.7 Å². The average Bonchev–Trinajstić information content (AvgIpc) is 3.19. The normalized spacial score (nSPS) is 14.3. The quantitative estimate of drug-likeness (QED) is 0.648. The minimum atomic E-state index is -0.355. The van der Waals surface area contributed by atoms with Gasteiger partial charge in [-0.15, -0.1) is 17.9 Å². The van der Waals surface area contributed by atoms with Gasteiger partial charge in [-0.2, -0.15) is 0 Å². The zero-order valence-corrected chi connectivity index (χ0v) is 13.9. The summed E-state index contributed by atoms with van der Waals surface area (Å²) >= 11 is 1.42. The molecule has 0 atom stereocenters. The fraction of sp³-hybridized carbons (Fsp3) is 0.111. The summed E-state index contributed by atoms with van der Waals surface area (Å²) < 4.78 is 5.20. The van der Waals surface area contributed by atoms with Gasteiger partial charge < -0.3 is 10.1 Å². The minimum absolute atomic E-state index is 0.176. The van der Waals surface area contributed by atoms with E-state index in [1.54, 1.807) is 13.2 Å². The molecular weight excluding hydrogens is 324 g/mol. The largest absolute Gasteiger partial charge is 0.497 e. The lowest BCUT2D eigenvalue weighted by Crippen LogP contribution is -2.32. The molecule has 122 valence electrons. The number of methoxy groups -OCH3 is 1. The lowest BCUT2D eigenvalue weighted by Gasteiger charge is -2.12. The van der Waals surface area contributed by atoms with E-state index >= 15 is 0 Å². The van der Waals surface area contributed by atoms with Crippen LogP contribution in [0.5, 0.6) is 5.75 Å². The maximum Gasteiger partial charge on any atom is 0.278 e. The molecule has 6 heteroatoms. The molecule has 1 aliphatic heterocycles. The zero-order valence-electron chi connectivity index (χ0n) is 13.1. The van der Waals surface area contributed by atoms with Crippen LogP contribution in [0.2, 0.25) is 0 Å². The first-order chi connectivity index (χ1) is 11.7. The number of amides is 2. The van der Waals surface area contributed by atoms with Crippen LogP contribution in [-0.2, 0) is 9.59 Å². The molecule has 2 heterocycles. The fourth-order valence-electron chi connectivity index (χ4n) is 2.48. The highest BCUT2D eigenvalue weighted by Gasteiger charge is 2.38. The van der Waals surface area contributed by atoms with Gasteiger partial charge in [-0.05, 0) is 23.6 Å². The molecule has 1 N–H and O–H groups in total. The van der Waals surface area contributed by atoms with Crippen molar-refractivity contribution in [2.45, 2.75) is 0 Å². The molecule has 2 aromatic rings. The molecule has 2 amide bonds. The van der Waals surface area contributed by atoms with Gasteiger partial charge >= 0.3 is 0 Å². The Hall–Kier alpha value is -2.86. The molecule has 5 nitrogen and oxygen atoms in total. The maximum absolute atomic E-state index is 12.7. The van der Waals surface area contributed by atoms with Gasteiger partial charge in [0.25, 0.3) is 11.8 Å². The van der Waals surface area contributed by atoms with Crippen molar-refractivity contribution in [3.63, 3.8) is 0 Å². The molecular formula is C18H16N2O3S. The molecule has 0 spiro atoms. The third-order valence-corrected chi connectivity index (χ3v) is 4.47. The summed E-state index contributed by atoms with van der Waals surface area (Å²) in [6, 6.07) is 10.9. The number of nitrogens with one attached hydrogen (secondary N) is 1. The van der Waals surface area contributed by atoms with Crippen LogP contribution in [0, 0.1) is 0 Å². The lowest BCUT2D eigenvalue weighted by molar-refractivity contribution is -0.136. The molecule has 3 rings (SSSR count). The Kier molecular flexibility index (Phi) is 4.48. The van der Waals surface area contributed by atoms with Crippen LogP contribution in [0.15, 0.2) is 60.1 Å². The third kappa shape index (κ3) is 2.83. The molecule has 0 aliphatic carbocycles. The Morgan fingerprint density at radius 1 is 1.25 bits per heavy atom. The molecule has 0 unspecified atom stereocenters. The first-order valence-electron chi connectivity index (χ1n) is 7.32. The van der Waals surface area contributed by atoms with E-state index in [0.717, 1.165) is 4.88 Å². The predicted molar refractivity (Wildman–Crippen MR) is 94.8 cm³/mol. The second-order valence-corrected chi connectivity index (χ2v) is 6.04.